The van der Waals surface area contributed by atoms with Crippen molar-refractivity contribution in [2.45, 2.75) is 67.2 Å². The molecule has 19 heavy (non-hydrogen) atoms. The van der Waals surface area contributed by atoms with E-state index in [1.807, 2.05) is 13.8 Å². The zero-order valence-electron chi connectivity index (χ0n) is 13.8. The van der Waals surface area contributed by atoms with Gasteiger partial charge in [0.2, 0.25) is 0 Å². The van der Waals surface area contributed by atoms with E-state index in [2.05, 4.69) is 64.1 Å². The van der Waals surface area contributed by atoms with E-state index in [-0.39, 0.29) is 0 Å². The number of benzene rings is 1. The van der Waals surface area contributed by atoms with Gasteiger partial charge >= 0.3 is 0 Å². The molecule has 0 spiro atoms. The van der Waals surface area contributed by atoms with Gasteiger partial charge in [-0.3, -0.25) is 0 Å². The molecule has 0 radical (unpaired) electrons. The van der Waals surface area contributed by atoms with Crippen LogP contribution in [-0.4, -0.2) is 0 Å². The summed E-state index contributed by atoms with van der Waals surface area (Å²) in [5.41, 5.74) is 3.36. The molecular weight excluding hydrogens is 228 g/mol. The Morgan fingerprint density at radius 3 is 2.11 bits per heavy atom. The van der Waals surface area contributed by atoms with Gasteiger partial charge in [-0.2, -0.15) is 0 Å². The smallest absolute Gasteiger partial charge is 0.0228 e. The minimum Gasteiger partial charge on any atom is -0.0810 e. The first kappa shape index (κ1) is 18.0. The molecule has 0 amide bonds. The second-order valence-electron chi connectivity index (χ2n) is 5.92. The molecule has 0 fully saturated rings. The van der Waals surface area contributed by atoms with Gasteiger partial charge in [0.25, 0.3) is 0 Å². The lowest BCUT2D eigenvalue weighted by atomic mass is 9.88. The summed E-state index contributed by atoms with van der Waals surface area (Å²) < 4.78 is 0. The summed E-state index contributed by atoms with van der Waals surface area (Å²) in [5.74, 6) is 0. The van der Waals surface area contributed by atoms with Crippen molar-refractivity contribution in [1.82, 2.24) is 0 Å². The molecule has 0 atom stereocenters. The number of allylic oxidation sites excluding steroid dienone is 2. The van der Waals surface area contributed by atoms with Gasteiger partial charge in [-0.25, -0.2) is 0 Å². The van der Waals surface area contributed by atoms with Gasteiger partial charge in [0, 0.05) is 0 Å². The van der Waals surface area contributed by atoms with E-state index in [1.165, 1.54) is 30.4 Å². The van der Waals surface area contributed by atoms with Gasteiger partial charge in [0.05, 0.1) is 0 Å². The van der Waals surface area contributed by atoms with Crippen LogP contribution in [0.25, 0.3) is 5.57 Å². The molecule has 1 aromatic rings. The molecule has 0 saturated heterocycles. The maximum atomic E-state index is 2.37. The summed E-state index contributed by atoms with van der Waals surface area (Å²) in [5, 5.41) is 0. The topological polar surface area (TPSA) is 0 Å². The molecule has 108 valence electrons. The van der Waals surface area contributed by atoms with Crippen molar-refractivity contribution in [2.24, 2.45) is 5.41 Å². The predicted molar refractivity (Wildman–Crippen MR) is 89.4 cm³/mol. The summed E-state index contributed by atoms with van der Waals surface area (Å²) in [6.45, 7) is 13.2. The summed E-state index contributed by atoms with van der Waals surface area (Å²) in [4.78, 5) is 0. The summed E-state index contributed by atoms with van der Waals surface area (Å²) in [7, 11) is 0. The molecule has 0 aliphatic carbocycles. The molecule has 0 nitrogen and oxygen atoms in total. The first-order chi connectivity index (χ1) is 9.03. The van der Waals surface area contributed by atoms with Crippen LogP contribution in [0.15, 0.2) is 36.4 Å². The van der Waals surface area contributed by atoms with Gasteiger partial charge in [-0.15, -0.1) is 0 Å². The van der Waals surface area contributed by atoms with Crippen LogP contribution in [-0.2, 0) is 0 Å². The zero-order valence-corrected chi connectivity index (χ0v) is 13.8. The van der Waals surface area contributed by atoms with Crippen LogP contribution < -0.4 is 0 Å². The zero-order chi connectivity index (χ0) is 14.7. The molecule has 0 N–H and O–H groups in total. The quantitative estimate of drug-likeness (QED) is 0.551. The maximum Gasteiger partial charge on any atom is -0.0228 e. The first-order valence-electron chi connectivity index (χ1n) is 7.77. The fourth-order valence-corrected chi connectivity index (χ4v) is 2.07. The largest absolute Gasteiger partial charge is 0.0810 e. The Kier molecular flexibility index (Phi) is 9.30. The first-order valence-corrected chi connectivity index (χ1v) is 7.77. The van der Waals surface area contributed by atoms with E-state index in [0.29, 0.717) is 5.41 Å². The van der Waals surface area contributed by atoms with Crippen LogP contribution in [0.3, 0.4) is 0 Å². The second kappa shape index (κ2) is 9.83. The normalized spacial score (nSPS) is 11.8. The molecule has 0 aliphatic heterocycles. The van der Waals surface area contributed by atoms with Gasteiger partial charge in [-0.1, -0.05) is 78.0 Å². The van der Waals surface area contributed by atoms with Crippen molar-refractivity contribution in [2.75, 3.05) is 0 Å². The Morgan fingerprint density at radius 2 is 1.63 bits per heavy atom. The Morgan fingerprint density at radius 1 is 1.05 bits per heavy atom. The van der Waals surface area contributed by atoms with Gasteiger partial charge < -0.3 is 0 Å². The fraction of sp³-hybridized carbons (Fsp3) is 0.579. The van der Waals surface area contributed by atoms with E-state index in [4.69, 9.17) is 0 Å². The van der Waals surface area contributed by atoms with Crippen LogP contribution >= 0.6 is 0 Å². The summed E-state index contributed by atoms with van der Waals surface area (Å²) in [6.07, 6.45) is 7.28. The molecule has 0 aromatic heterocycles. The predicted octanol–water partition coefficient (Wildman–Crippen LogP) is 6.72. The van der Waals surface area contributed by atoms with Gasteiger partial charge in [-0.05, 0) is 42.2 Å². The number of hydrogen-bond donors (Lipinski definition) is 0. The highest BCUT2D eigenvalue weighted by molar-refractivity contribution is 5.65. The third kappa shape index (κ3) is 8.64. The minimum absolute atomic E-state index is 0.452. The number of rotatable bonds is 5. The SMILES string of the molecule is CC.CC/C=C(\CCCC(C)(C)C)c1ccccc1. The average molecular weight is 260 g/mol. The molecular formula is C19H32. The van der Waals surface area contributed by atoms with Crippen LogP contribution in [0.2, 0.25) is 0 Å². The standard InChI is InChI=1S/C17H26.C2H6/c1-5-10-15(13-9-14-17(2,3)4)16-11-7-6-8-12-16;1-2/h6-8,10-12H,5,9,13-14H2,1-4H3;1-2H3/b15-10+;. The van der Waals surface area contributed by atoms with Crippen molar-refractivity contribution in [3.05, 3.63) is 42.0 Å². The molecule has 0 aliphatic rings. The van der Waals surface area contributed by atoms with E-state index in [0.717, 1.165) is 6.42 Å². The maximum absolute atomic E-state index is 2.37. The third-order valence-corrected chi connectivity index (χ3v) is 2.97. The highest BCUT2D eigenvalue weighted by atomic mass is 14.2. The van der Waals surface area contributed by atoms with Crippen LogP contribution in [0, 0.1) is 5.41 Å². The molecule has 0 bridgehead atoms. The average Bonchev–Trinajstić information content (AvgIpc) is 2.40. The van der Waals surface area contributed by atoms with Crippen LogP contribution in [0.1, 0.15) is 72.8 Å². The molecule has 1 aromatic carbocycles. The third-order valence-electron chi connectivity index (χ3n) is 2.97. The van der Waals surface area contributed by atoms with Crippen LogP contribution in [0.5, 0.6) is 0 Å². The Labute approximate surface area is 120 Å². The van der Waals surface area contributed by atoms with Crippen molar-refractivity contribution in [3.8, 4) is 0 Å². The molecule has 0 unspecified atom stereocenters. The molecule has 0 heterocycles. The Hall–Kier alpha value is -1.04. The Bertz CT molecular complexity index is 338. The molecule has 1 rings (SSSR count). The lowest BCUT2D eigenvalue weighted by Crippen LogP contribution is -2.04. The van der Waals surface area contributed by atoms with Crippen molar-refractivity contribution >= 4 is 5.57 Å². The minimum atomic E-state index is 0.452. The lowest BCUT2D eigenvalue weighted by molar-refractivity contribution is 0.368. The Balaban J connectivity index is 0.00000154. The van der Waals surface area contributed by atoms with E-state index >= 15 is 0 Å². The van der Waals surface area contributed by atoms with Crippen molar-refractivity contribution in [1.29, 1.82) is 0 Å². The summed E-state index contributed by atoms with van der Waals surface area (Å²) >= 11 is 0. The van der Waals surface area contributed by atoms with Gasteiger partial charge in [0.15, 0.2) is 0 Å². The highest BCUT2D eigenvalue weighted by Crippen LogP contribution is 2.26. The van der Waals surface area contributed by atoms with Crippen molar-refractivity contribution < 1.29 is 0 Å². The lowest BCUT2D eigenvalue weighted by Gasteiger charge is -2.18. The highest BCUT2D eigenvalue weighted by Gasteiger charge is 2.10. The van der Waals surface area contributed by atoms with E-state index in [9.17, 15) is 0 Å². The van der Waals surface area contributed by atoms with E-state index < -0.39 is 0 Å². The number of hydrogen-bond acceptors (Lipinski definition) is 0. The van der Waals surface area contributed by atoms with Gasteiger partial charge in [0.1, 0.15) is 0 Å². The van der Waals surface area contributed by atoms with Crippen molar-refractivity contribution in [3.63, 3.8) is 0 Å². The van der Waals surface area contributed by atoms with E-state index in [1.54, 1.807) is 0 Å². The molecule has 0 heteroatoms. The second-order valence-corrected chi connectivity index (χ2v) is 5.92. The van der Waals surface area contributed by atoms with Crippen LogP contribution in [0.4, 0.5) is 0 Å². The fourth-order valence-electron chi connectivity index (χ4n) is 2.07. The summed E-state index contributed by atoms with van der Waals surface area (Å²) in [6, 6.07) is 10.8. The molecule has 0 saturated carbocycles. The monoisotopic (exact) mass is 260 g/mol.